The lowest BCUT2D eigenvalue weighted by atomic mass is 10.1. The first kappa shape index (κ1) is 16.9. The molecule has 5 heteroatoms. The fourth-order valence-electron chi connectivity index (χ4n) is 2.60. The van der Waals surface area contributed by atoms with Crippen LogP contribution in [0, 0.1) is 0 Å². The Bertz CT molecular complexity index is 800. The Labute approximate surface area is 147 Å². The van der Waals surface area contributed by atoms with Crippen LogP contribution in [0.5, 0.6) is 0 Å². The Morgan fingerprint density at radius 3 is 2.40 bits per heavy atom. The van der Waals surface area contributed by atoms with Gasteiger partial charge in [0, 0.05) is 13.2 Å². The second-order valence-corrected chi connectivity index (χ2v) is 5.78. The number of ether oxygens (including phenoxy) is 1. The largest absolute Gasteiger partial charge is 0.374 e. The van der Waals surface area contributed by atoms with Crippen LogP contribution in [0.25, 0.3) is 0 Å². The first-order chi connectivity index (χ1) is 12.2. The molecule has 1 N–H and O–H groups in total. The van der Waals surface area contributed by atoms with Crippen molar-refractivity contribution in [1.29, 1.82) is 0 Å². The Morgan fingerprint density at radius 2 is 1.76 bits per heavy atom. The summed E-state index contributed by atoms with van der Waals surface area (Å²) in [5.74, 6) is -0.169. The maximum Gasteiger partial charge on any atom is 0.270 e. The van der Waals surface area contributed by atoms with Gasteiger partial charge in [-0.15, -0.1) is 0 Å². The van der Waals surface area contributed by atoms with Crippen molar-refractivity contribution in [2.45, 2.75) is 12.6 Å². The molecule has 1 atom stereocenters. The average Bonchev–Trinajstić information content (AvgIpc) is 3.08. The van der Waals surface area contributed by atoms with E-state index in [1.54, 1.807) is 24.0 Å². The highest BCUT2D eigenvalue weighted by Crippen LogP contribution is 2.15. The van der Waals surface area contributed by atoms with Crippen LogP contribution in [-0.2, 0) is 18.4 Å². The van der Waals surface area contributed by atoms with Crippen LogP contribution < -0.4 is 5.32 Å². The van der Waals surface area contributed by atoms with E-state index in [0.29, 0.717) is 18.9 Å². The number of amides is 1. The Hall–Kier alpha value is -2.92. The number of carbonyl (C=O) groups excluding carboxylic acids is 1. The van der Waals surface area contributed by atoms with Gasteiger partial charge in [-0.25, -0.2) is 0 Å². The molecule has 1 unspecified atom stereocenters. The molecule has 5 nitrogen and oxygen atoms in total. The highest BCUT2D eigenvalue weighted by Gasteiger charge is 2.18. The molecule has 0 bridgehead atoms. The van der Waals surface area contributed by atoms with Crippen molar-refractivity contribution in [1.82, 2.24) is 15.1 Å². The van der Waals surface area contributed by atoms with Crippen LogP contribution in [-0.4, -0.2) is 22.3 Å². The van der Waals surface area contributed by atoms with E-state index in [9.17, 15) is 4.79 Å². The third-order valence-corrected chi connectivity index (χ3v) is 3.96. The van der Waals surface area contributed by atoms with Crippen LogP contribution in [0.2, 0.25) is 0 Å². The van der Waals surface area contributed by atoms with Crippen molar-refractivity contribution >= 4 is 5.91 Å². The molecule has 0 saturated heterocycles. The van der Waals surface area contributed by atoms with E-state index in [1.807, 2.05) is 60.7 Å². The summed E-state index contributed by atoms with van der Waals surface area (Å²) >= 11 is 0. The SMILES string of the molecule is Cn1nccc1C(=O)NC(COCc1ccccc1)c1ccccc1. The predicted molar refractivity (Wildman–Crippen MR) is 96.0 cm³/mol. The molecule has 0 radical (unpaired) electrons. The van der Waals surface area contributed by atoms with Gasteiger partial charge in [0.25, 0.3) is 5.91 Å². The first-order valence-corrected chi connectivity index (χ1v) is 8.19. The minimum Gasteiger partial charge on any atom is -0.374 e. The summed E-state index contributed by atoms with van der Waals surface area (Å²) in [5.41, 5.74) is 2.63. The summed E-state index contributed by atoms with van der Waals surface area (Å²) in [6.45, 7) is 0.897. The summed E-state index contributed by atoms with van der Waals surface area (Å²) in [7, 11) is 1.75. The molecule has 2 aromatic carbocycles. The molecule has 1 heterocycles. The topological polar surface area (TPSA) is 56.2 Å². The van der Waals surface area contributed by atoms with Crippen molar-refractivity contribution in [2.24, 2.45) is 7.05 Å². The molecule has 1 aromatic heterocycles. The Balaban J connectivity index is 1.67. The monoisotopic (exact) mass is 335 g/mol. The van der Waals surface area contributed by atoms with Gasteiger partial charge in [0.05, 0.1) is 19.3 Å². The van der Waals surface area contributed by atoms with Gasteiger partial charge in [-0.2, -0.15) is 5.10 Å². The number of rotatable bonds is 7. The summed E-state index contributed by atoms with van der Waals surface area (Å²) < 4.78 is 7.41. The third kappa shape index (κ3) is 4.55. The molecule has 0 aliphatic heterocycles. The molecule has 1 amide bonds. The molecule has 0 aliphatic rings. The highest BCUT2D eigenvalue weighted by atomic mass is 16.5. The lowest BCUT2D eigenvalue weighted by molar-refractivity contribution is 0.0790. The van der Waals surface area contributed by atoms with E-state index in [-0.39, 0.29) is 11.9 Å². The predicted octanol–water partition coefficient (Wildman–Crippen LogP) is 3.11. The zero-order valence-corrected chi connectivity index (χ0v) is 14.1. The van der Waals surface area contributed by atoms with Gasteiger partial charge in [-0.05, 0) is 17.2 Å². The van der Waals surface area contributed by atoms with Crippen LogP contribution >= 0.6 is 0 Å². The molecule has 3 rings (SSSR count). The second-order valence-electron chi connectivity index (χ2n) is 5.78. The third-order valence-electron chi connectivity index (χ3n) is 3.96. The number of nitrogens with zero attached hydrogens (tertiary/aromatic N) is 2. The quantitative estimate of drug-likeness (QED) is 0.722. The Kier molecular flexibility index (Phi) is 5.59. The molecule has 0 spiro atoms. The zero-order valence-electron chi connectivity index (χ0n) is 14.1. The van der Waals surface area contributed by atoms with Gasteiger partial charge in [-0.3, -0.25) is 9.48 Å². The van der Waals surface area contributed by atoms with Crippen LogP contribution in [0.3, 0.4) is 0 Å². The summed E-state index contributed by atoms with van der Waals surface area (Å²) in [6.07, 6.45) is 1.61. The van der Waals surface area contributed by atoms with Crippen LogP contribution in [0.1, 0.15) is 27.7 Å². The lowest BCUT2D eigenvalue weighted by Gasteiger charge is -2.19. The summed E-state index contributed by atoms with van der Waals surface area (Å²) in [6, 6.07) is 21.3. The maximum atomic E-state index is 12.5. The molecule has 0 aliphatic carbocycles. The van der Waals surface area contributed by atoms with E-state index in [4.69, 9.17) is 4.74 Å². The van der Waals surface area contributed by atoms with Crippen molar-refractivity contribution in [2.75, 3.05) is 6.61 Å². The normalized spacial score (nSPS) is 11.9. The molecule has 128 valence electrons. The highest BCUT2D eigenvalue weighted by molar-refractivity contribution is 5.92. The van der Waals surface area contributed by atoms with Crippen LogP contribution in [0.4, 0.5) is 0 Å². The van der Waals surface area contributed by atoms with Gasteiger partial charge < -0.3 is 10.1 Å². The average molecular weight is 335 g/mol. The van der Waals surface area contributed by atoms with E-state index < -0.39 is 0 Å². The molecular formula is C20H21N3O2. The van der Waals surface area contributed by atoms with Gasteiger partial charge in [0.2, 0.25) is 0 Å². The number of hydrogen-bond donors (Lipinski definition) is 1. The van der Waals surface area contributed by atoms with Crippen molar-refractivity contribution in [3.63, 3.8) is 0 Å². The number of nitrogens with one attached hydrogen (secondary N) is 1. The first-order valence-electron chi connectivity index (χ1n) is 8.19. The minimum absolute atomic E-state index is 0.169. The van der Waals surface area contributed by atoms with Crippen molar-refractivity contribution in [3.8, 4) is 0 Å². The Morgan fingerprint density at radius 1 is 1.08 bits per heavy atom. The number of hydrogen-bond acceptors (Lipinski definition) is 3. The smallest absolute Gasteiger partial charge is 0.270 e. The van der Waals surface area contributed by atoms with E-state index in [1.165, 1.54) is 0 Å². The fraction of sp³-hybridized carbons (Fsp3) is 0.200. The van der Waals surface area contributed by atoms with E-state index in [2.05, 4.69) is 10.4 Å². The fourth-order valence-corrected chi connectivity index (χ4v) is 2.60. The molecule has 0 saturated carbocycles. The standard InChI is InChI=1S/C20H21N3O2/c1-23-19(12-13-21-23)20(24)22-18(17-10-6-3-7-11-17)15-25-14-16-8-4-2-5-9-16/h2-13,18H,14-15H2,1H3,(H,22,24). The zero-order chi connectivity index (χ0) is 17.5. The van der Waals surface area contributed by atoms with Gasteiger partial charge in [-0.1, -0.05) is 60.7 Å². The number of aryl methyl sites for hydroxylation is 1. The molecule has 0 fully saturated rings. The van der Waals surface area contributed by atoms with Gasteiger partial charge >= 0.3 is 0 Å². The van der Waals surface area contributed by atoms with E-state index >= 15 is 0 Å². The number of aromatic nitrogens is 2. The second kappa shape index (κ2) is 8.26. The molecule has 25 heavy (non-hydrogen) atoms. The lowest BCUT2D eigenvalue weighted by Crippen LogP contribution is -2.32. The van der Waals surface area contributed by atoms with Gasteiger partial charge in [0.15, 0.2) is 0 Å². The number of benzene rings is 2. The van der Waals surface area contributed by atoms with Gasteiger partial charge in [0.1, 0.15) is 5.69 Å². The minimum atomic E-state index is -0.229. The summed E-state index contributed by atoms with van der Waals surface area (Å²) in [5, 5.41) is 7.08. The molecule has 3 aromatic rings. The maximum absolute atomic E-state index is 12.5. The van der Waals surface area contributed by atoms with Crippen molar-refractivity contribution < 1.29 is 9.53 Å². The van der Waals surface area contributed by atoms with Crippen LogP contribution in [0.15, 0.2) is 72.9 Å². The van der Waals surface area contributed by atoms with E-state index in [0.717, 1.165) is 11.1 Å². The summed E-state index contributed by atoms with van der Waals surface area (Å²) in [4.78, 5) is 12.5. The molecular weight excluding hydrogens is 314 g/mol. The van der Waals surface area contributed by atoms with Crippen molar-refractivity contribution in [3.05, 3.63) is 89.7 Å². The number of carbonyl (C=O) groups is 1.